The summed E-state index contributed by atoms with van der Waals surface area (Å²) in [6.45, 7) is 9.84. The second-order valence-corrected chi connectivity index (χ2v) is 6.09. The fraction of sp³-hybridized carbons (Fsp3) is 0.684. The van der Waals surface area contributed by atoms with Crippen LogP contribution < -0.4 is 10.1 Å². The Hall–Kier alpha value is -1.02. The van der Waals surface area contributed by atoms with Crippen LogP contribution >= 0.6 is 0 Å². The van der Waals surface area contributed by atoms with E-state index in [1.165, 1.54) is 44.2 Å². The molecule has 2 heteroatoms. The van der Waals surface area contributed by atoms with E-state index < -0.39 is 0 Å². The van der Waals surface area contributed by atoms with Gasteiger partial charge in [-0.2, -0.15) is 0 Å². The van der Waals surface area contributed by atoms with Gasteiger partial charge in [0.25, 0.3) is 0 Å². The maximum Gasteiger partial charge on any atom is 0.119 e. The van der Waals surface area contributed by atoms with Crippen molar-refractivity contribution in [2.24, 2.45) is 0 Å². The highest BCUT2D eigenvalue weighted by Crippen LogP contribution is 2.18. The average molecular weight is 291 g/mol. The second kappa shape index (κ2) is 11.6. The third-order valence-corrected chi connectivity index (χ3v) is 3.77. The molecule has 0 spiro atoms. The summed E-state index contributed by atoms with van der Waals surface area (Å²) in [6.07, 6.45) is 7.58. The topological polar surface area (TPSA) is 21.3 Å². The molecule has 0 aliphatic carbocycles. The highest BCUT2D eigenvalue weighted by molar-refractivity contribution is 5.28. The van der Waals surface area contributed by atoms with E-state index in [1.54, 1.807) is 0 Å². The zero-order valence-electron chi connectivity index (χ0n) is 14.2. The van der Waals surface area contributed by atoms with Crippen LogP contribution in [-0.2, 0) is 0 Å². The molecule has 0 aliphatic heterocycles. The van der Waals surface area contributed by atoms with E-state index >= 15 is 0 Å². The molecule has 120 valence electrons. The van der Waals surface area contributed by atoms with E-state index in [9.17, 15) is 0 Å². The minimum absolute atomic E-state index is 0.588. The first-order valence-electron chi connectivity index (χ1n) is 8.67. The van der Waals surface area contributed by atoms with Gasteiger partial charge >= 0.3 is 0 Å². The molecule has 0 heterocycles. The largest absolute Gasteiger partial charge is 0.494 e. The maximum atomic E-state index is 5.78. The van der Waals surface area contributed by atoms with Crippen LogP contribution in [0.2, 0.25) is 0 Å². The molecule has 1 aromatic rings. The van der Waals surface area contributed by atoms with Gasteiger partial charge < -0.3 is 10.1 Å². The zero-order valence-corrected chi connectivity index (χ0v) is 14.2. The van der Waals surface area contributed by atoms with Crippen molar-refractivity contribution in [3.8, 4) is 5.75 Å². The first-order chi connectivity index (χ1) is 10.2. The summed E-state index contributed by atoms with van der Waals surface area (Å²) >= 11 is 0. The van der Waals surface area contributed by atoms with Gasteiger partial charge in [-0.25, -0.2) is 0 Å². The van der Waals surface area contributed by atoms with E-state index in [2.05, 4.69) is 50.4 Å². The van der Waals surface area contributed by atoms with Crippen LogP contribution in [0.4, 0.5) is 0 Å². The molecule has 0 amide bonds. The van der Waals surface area contributed by atoms with Gasteiger partial charge in [0.1, 0.15) is 5.75 Å². The van der Waals surface area contributed by atoms with Crippen molar-refractivity contribution in [1.29, 1.82) is 0 Å². The molecule has 0 saturated heterocycles. The van der Waals surface area contributed by atoms with Crippen LogP contribution in [0.15, 0.2) is 24.3 Å². The molecule has 1 aromatic carbocycles. The molecule has 0 atom stereocenters. The number of benzene rings is 1. The van der Waals surface area contributed by atoms with Crippen molar-refractivity contribution in [1.82, 2.24) is 5.32 Å². The van der Waals surface area contributed by atoms with Crippen LogP contribution in [0.1, 0.15) is 70.8 Å². The fourth-order valence-electron chi connectivity index (χ4n) is 2.27. The Morgan fingerprint density at radius 2 is 1.57 bits per heavy atom. The molecule has 0 bridgehead atoms. The first-order valence-corrected chi connectivity index (χ1v) is 8.67. The average Bonchev–Trinajstić information content (AvgIpc) is 2.49. The van der Waals surface area contributed by atoms with Gasteiger partial charge in [0.05, 0.1) is 6.61 Å². The minimum Gasteiger partial charge on any atom is -0.494 e. The maximum absolute atomic E-state index is 5.78. The van der Waals surface area contributed by atoms with Gasteiger partial charge in [0.15, 0.2) is 0 Å². The Balaban J connectivity index is 1.96. The van der Waals surface area contributed by atoms with Gasteiger partial charge in [-0.1, -0.05) is 52.2 Å². The van der Waals surface area contributed by atoms with Crippen LogP contribution in [0.5, 0.6) is 5.75 Å². The summed E-state index contributed by atoms with van der Waals surface area (Å²) in [7, 11) is 0. The van der Waals surface area contributed by atoms with Gasteiger partial charge in [-0.3, -0.25) is 0 Å². The number of hydrogen-bond acceptors (Lipinski definition) is 2. The lowest BCUT2D eigenvalue weighted by Crippen LogP contribution is -2.16. The van der Waals surface area contributed by atoms with E-state index in [0.29, 0.717) is 5.92 Å². The van der Waals surface area contributed by atoms with Crippen LogP contribution in [0.25, 0.3) is 0 Å². The number of unbranched alkanes of at least 4 members (excludes halogenated alkanes) is 4. The normalized spacial score (nSPS) is 11.0. The lowest BCUT2D eigenvalue weighted by atomic mass is 10.0. The number of rotatable bonds is 12. The molecular weight excluding hydrogens is 258 g/mol. The summed E-state index contributed by atoms with van der Waals surface area (Å²) < 4.78 is 5.78. The smallest absolute Gasteiger partial charge is 0.119 e. The molecule has 0 aromatic heterocycles. The van der Waals surface area contributed by atoms with Crippen LogP contribution in [0, 0.1) is 0 Å². The minimum atomic E-state index is 0.588. The molecule has 0 aliphatic rings. The SMILES string of the molecule is CCCCNCCCCCCOc1ccc(C(C)C)cc1. The van der Waals surface area contributed by atoms with E-state index in [4.69, 9.17) is 4.74 Å². The molecule has 2 nitrogen and oxygen atoms in total. The van der Waals surface area contributed by atoms with Crippen LogP contribution in [0.3, 0.4) is 0 Å². The Bertz CT molecular complexity index is 345. The van der Waals surface area contributed by atoms with Crippen LogP contribution in [-0.4, -0.2) is 19.7 Å². The van der Waals surface area contributed by atoms with Gasteiger partial charge in [0.2, 0.25) is 0 Å². The standard InChI is InChI=1S/C19H33NO/c1-4-5-14-20-15-8-6-7-9-16-21-19-12-10-18(11-13-19)17(2)3/h10-13,17,20H,4-9,14-16H2,1-3H3. The predicted octanol–water partition coefficient (Wildman–Crippen LogP) is 5.14. The summed E-state index contributed by atoms with van der Waals surface area (Å²) in [5, 5.41) is 3.49. The molecule has 0 saturated carbocycles. The number of nitrogens with one attached hydrogen (secondary N) is 1. The van der Waals surface area contributed by atoms with E-state index in [0.717, 1.165) is 25.3 Å². The predicted molar refractivity (Wildman–Crippen MR) is 92.3 cm³/mol. The zero-order chi connectivity index (χ0) is 15.3. The monoisotopic (exact) mass is 291 g/mol. The van der Waals surface area contributed by atoms with Crippen molar-refractivity contribution in [2.75, 3.05) is 19.7 Å². The van der Waals surface area contributed by atoms with Crippen molar-refractivity contribution in [3.63, 3.8) is 0 Å². The molecule has 1 N–H and O–H groups in total. The molecule has 0 radical (unpaired) electrons. The van der Waals surface area contributed by atoms with E-state index in [-0.39, 0.29) is 0 Å². The van der Waals surface area contributed by atoms with Gasteiger partial charge in [-0.15, -0.1) is 0 Å². The highest BCUT2D eigenvalue weighted by atomic mass is 16.5. The summed E-state index contributed by atoms with van der Waals surface area (Å²) in [5.41, 5.74) is 1.37. The van der Waals surface area contributed by atoms with Crippen molar-refractivity contribution >= 4 is 0 Å². The Labute approximate surface area is 131 Å². The third kappa shape index (κ3) is 8.77. The Morgan fingerprint density at radius 1 is 0.905 bits per heavy atom. The number of hydrogen-bond donors (Lipinski definition) is 1. The van der Waals surface area contributed by atoms with Gasteiger partial charge in [-0.05, 0) is 56.0 Å². The highest BCUT2D eigenvalue weighted by Gasteiger charge is 1.99. The van der Waals surface area contributed by atoms with Gasteiger partial charge in [0, 0.05) is 0 Å². The fourth-order valence-corrected chi connectivity index (χ4v) is 2.27. The Morgan fingerprint density at radius 3 is 2.24 bits per heavy atom. The summed E-state index contributed by atoms with van der Waals surface area (Å²) in [4.78, 5) is 0. The molecule has 0 fully saturated rings. The summed E-state index contributed by atoms with van der Waals surface area (Å²) in [6, 6.07) is 8.52. The lowest BCUT2D eigenvalue weighted by Gasteiger charge is -2.09. The van der Waals surface area contributed by atoms with Crippen molar-refractivity contribution in [3.05, 3.63) is 29.8 Å². The third-order valence-electron chi connectivity index (χ3n) is 3.77. The lowest BCUT2D eigenvalue weighted by molar-refractivity contribution is 0.304. The van der Waals surface area contributed by atoms with Crippen molar-refractivity contribution in [2.45, 2.75) is 65.2 Å². The van der Waals surface area contributed by atoms with Crippen molar-refractivity contribution < 1.29 is 4.74 Å². The molecular formula is C19H33NO. The molecule has 1 rings (SSSR count). The molecule has 0 unspecified atom stereocenters. The summed E-state index contributed by atoms with van der Waals surface area (Å²) in [5.74, 6) is 1.59. The Kier molecular flexibility index (Phi) is 9.98. The van der Waals surface area contributed by atoms with E-state index in [1.807, 2.05) is 0 Å². The second-order valence-electron chi connectivity index (χ2n) is 6.09. The number of ether oxygens (including phenoxy) is 1. The molecule has 21 heavy (non-hydrogen) atoms. The first kappa shape index (κ1) is 18.0. The quantitative estimate of drug-likeness (QED) is 0.538.